The first-order chi connectivity index (χ1) is 15.3. The highest BCUT2D eigenvalue weighted by molar-refractivity contribution is 5.95. The van der Waals surface area contributed by atoms with Crippen LogP contribution in [-0.4, -0.2) is 40.8 Å². The topological polar surface area (TPSA) is 76.1 Å². The predicted octanol–water partition coefficient (Wildman–Crippen LogP) is 4.44. The Morgan fingerprint density at radius 2 is 1.72 bits per heavy atom. The van der Waals surface area contributed by atoms with E-state index in [0.29, 0.717) is 13.0 Å². The zero-order chi connectivity index (χ0) is 23.3. The Kier molecular flexibility index (Phi) is 7.91. The zero-order valence-corrected chi connectivity index (χ0v) is 19.2. The first-order valence-electron chi connectivity index (χ1n) is 11.2. The Morgan fingerprint density at radius 1 is 1.06 bits per heavy atom. The molecule has 0 spiro atoms. The van der Waals surface area contributed by atoms with Crippen LogP contribution in [0, 0.1) is 17.8 Å². The van der Waals surface area contributed by atoms with Crippen molar-refractivity contribution in [2.45, 2.75) is 52.9 Å². The van der Waals surface area contributed by atoms with Gasteiger partial charge in [0.2, 0.25) is 5.91 Å². The maximum Gasteiger partial charge on any atom is 0.416 e. The van der Waals surface area contributed by atoms with Gasteiger partial charge in [-0.05, 0) is 41.5 Å². The summed E-state index contributed by atoms with van der Waals surface area (Å²) in [5, 5.41) is 10.8. The van der Waals surface area contributed by atoms with Crippen LogP contribution in [0.5, 0.6) is 5.75 Å². The Balaban J connectivity index is 1.55. The third-order valence-corrected chi connectivity index (χ3v) is 6.13. The Morgan fingerprint density at radius 3 is 2.34 bits per heavy atom. The summed E-state index contributed by atoms with van der Waals surface area (Å²) in [6, 6.07) is 17.5. The fourth-order valence-corrected chi connectivity index (χ4v) is 3.99. The minimum absolute atomic E-state index is 0.0924. The number of ether oxygens (including phenoxy) is 2. The summed E-state index contributed by atoms with van der Waals surface area (Å²) in [4.78, 5) is 26.2. The molecule has 2 aromatic carbocycles. The van der Waals surface area contributed by atoms with Crippen LogP contribution in [0.1, 0.15) is 38.8 Å². The zero-order valence-electron chi connectivity index (χ0n) is 19.2. The molecule has 2 aromatic rings. The third-order valence-electron chi connectivity index (χ3n) is 6.13. The predicted molar refractivity (Wildman–Crippen MR) is 122 cm³/mol. The van der Waals surface area contributed by atoms with Crippen LogP contribution in [0.25, 0.3) is 0 Å². The molecule has 1 N–H and O–H groups in total. The number of carbonyl (C=O) groups is 2. The highest BCUT2D eigenvalue weighted by atomic mass is 16.6. The highest BCUT2D eigenvalue weighted by Crippen LogP contribution is 2.26. The number of rotatable bonds is 9. The van der Waals surface area contributed by atoms with E-state index in [9.17, 15) is 14.7 Å². The standard InChI is InChI=1S/C26H33NO5/c1-17(2)23-16-32-26(30)27(23)25(29)19(4)24(28)18(3)14-20-10-12-22(13-11-20)31-15-21-8-6-5-7-9-21/h5-13,17-19,23-24,28H,14-16H2,1-4H3/t18-,19-,23+,24+/m0/s1. The molecule has 6 heteroatoms. The maximum atomic E-state index is 13.0. The molecular weight excluding hydrogens is 406 g/mol. The van der Waals surface area contributed by atoms with Gasteiger partial charge in [-0.2, -0.15) is 0 Å². The Labute approximate surface area is 190 Å². The van der Waals surface area contributed by atoms with Crippen LogP contribution < -0.4 is 4.74 Å². The summed E-state index contributed by atoms with van der Waals surface area (Å²) in [6.45, 7) is 8.20. The summed E-state index contributed by atoms with van der Waals surface area (Å²) < 4.78 is 10.9. The minimum atomic E-state index is -0.877. The van der Waals surface area contributed by atoms with Gasteiger partial charge in [0.1, 0.15) is 19.0 Å². The van der Waals surface area contributed by atoms with Crippen LogP contribution in [-0.2, 0) is 22.6 Å². The number of benzene rings is 2. The largest absolute Gasteiger partial charge is 0.489 e. The molecule has 0 saturated carbocycles. The molecule has 1 heterocycles. The van der Waals surface area contributed by atoms with E-state index in [1.807, 2.05) is 75.4 Å². The molecule has 3 rings (SSSR count). The van der Waals surface area contributed by atoms with Crippen molar-refractivity contribution in [1.82, 2.24) is 4.90 Å². The molecule has 0 bridgehead atoms. The van der Waals surface area contributed by atoms with Gasteiger partial charge < -0.3 is 14.6 Å². The Hall–Kier alpha value is -2.86. The number of aliphatic hydroxyl groups excluding tert-OH is 1. The van der Waals surface area contributed by atoms with E-state index in [1.165, 1.54) is 4.90 Å². The average molecular weight is 440 g/mol. The van der Waals surface area contributed by atoms with Crippen LogP contribution in [0.4, 0.5) is 4.79 Å². The SMILES string of the molecule is CC(C)[C@H]1COC(=O)N1C(=O)[C@@H](C)[C@H](O)[C@@H](C)Cc1ccc(OCc2ccccc2)cc1. The first kappa shape index (κ1) is 23.8. The van der Waals surface area contributed by atoms with Gasteiger partial charge in [-0.25, -0.2) is 9.69 Å². The molecule has 172 valence electrons. The lowest BCUT2D eigenvalue weighted by molar-refractivity contribution is -0.138. The Bertz CT molecular complexity index is 896. The maximum absolute atomic E-state index is 13.0. The second-order valence-electron chi connectivity index (χ2n) is 8.98. The molecule has 1 aliphatic heterocycles. The highest BCUT2D eigenvalue weighted by Gasteiger charge is 2.43. The lowest BCUT2D eigenvalue weighted by Gasteiger charge is -2.29. The van der Waals surface area contributed by atoms with Crippen LogP contribution >= 0.6 is 0 Å². The summed E-state index contributed by atoms with van der Waals surface area (Å²) in [5.41, 5.74) is 2.15. The van der Waals surface area contributed by atoms with Crippen molar-refractivity contribution < 1.29 is 24.2 Å². The number of cyclic esters (lactones) is 1. The monoisotopic (exact) mass is 439 g/mol. The van der Waals surface area contributed by atoms with Gasteiger partial charge >= 0.3 is 6.09 Å². The molecule has 1 aliphatic rings. The van der Waals surface area contributed by atoms with E-state index in [-0.39, 0.29) is 30.4 Å². The van der Waals surface area contributed by atoms with Gasteiger partial charge in [0.05, 0.1) is 18.1 Å². The number of imide groups is 1. The quantitative estimate of drug-likeness (QED) is 0.625. The van der Waals surface area contributed by atoms with Gasteiger partial charge in [0, 0.05) is 0 Å². The van der Waals surface area contributed by atoms with E-state index >= 15 is 0 Å². The van der Waals surface area contributed by atoms with Crippen molar-refractivity contribution in [3.05, 3.63) is 65.7 Å². The molecule has 0 radical (unpaired) electrons. The van der Waals surface area contributed by atoms with E-state index < -0.39 is 18.1 Å². The molecular formula is C26H33NO5. The van der Waals surface area contributed by atoms with Crippen molar-refractivity contribution >= 4 is 12.0 Å². The van der Waals surface area contributed by atoms with E-state index in [2.05, 4.69) is 0 Å². The molecule has 1 saturated heterocycles. The lowest BCUT2D eigenvalue weighted by Crippen LogP contribution is -2.47. The van der Waals surface area contributed by atoms with Crippen LogP contribution in [0.3, 0.4) is 0 Å². The second-order valence-corrected chi connectivity index (χ2v) is 8.98. The smallest absolute Gasteiger partial charge is 0.416 e. The molecule has 0 unspecified atom stereocenters. The molecule has 4 atom stereocenters. The first-order valence-corrected chi connectivity index (χ1v) is 11.2. The van der Waals surface area contributed by atoms with Crippen LogP contribution in [0.2, 0.25) is 0 Å². The number of carbonyl (C=O) groups excluding carboxylic acids is 2. The fraction of sp³-hybridized carbons (Fsp3) is 0.462. The van der Waals surface area contributed by atoms with E-state index in [1.54, 1.807) is 6.92 Å². The fourth-order valence-electron chi connectivity index (χ4n) is 3.99. The van der Waals surface area contributed by atoms with Crippen molar-refractivity contribution in [3.63, 3.8) is 0 Å². The van der Waals surface area contributed by atoms with Gasteiger partial charge in [-0.15, -0.1) is 0 Å². The molecule has 6 nitrogen and oxygen atoms in total. The van der Waals surface area contributed by atoms with Crippen molar-refractivity contribution in [1.29, 1.82) is 0 Å². The molecule has 2 amide bonds. The number of nitrogens with zero attached hydrogens (tertiary/aromatic N) is 1. The molecule has 1 fully saturated rings. The van der Waals surface area contributed by atoms with Gasteiger partial charge in [0.15, 0.2) is 0 Å². The lowest BCUT2D eigenvalue weighted by atomic mass is 9.87. The number of hydrogen-bond acceptors (Lipinski definition) is 5. The average Bonchev–Trinajstić information content (AvgIpc) is 3.19. The van der Waals surface area contributed by atoms with Crippen molar-refractivity contribution in [2.75, 3.05) is 6.61 Å². The summed E-state index contributed by atoms with van der Waals surface area (Å²) in [7, 11) is 0. The summed E-state index contributed by atoms with van der Waals surface area (Å²) in [6.07, 6.45) is -0.889. The van der Waals surface area contributed by atoms with E-state index in [0.717, 1.165) is 16.9 Å². The van der Waals surface area contributed by atoms with Crippen LogP contribution in [0.15, 0.2) is 54.6 Å². The summed E-state index contributed by atoms with van der Waals surface area (Å²) in [5.74, 6) is -0.377. The number of amides is 2. The molecule has 0 aromatic heterocycles. The molecule has 32 heavy (non-hydrogen) atoms. The normalized spacial score (nSPS) is 18.9. The van der Waals surface area contributed by atoms with Gasteiger partial charge in [-0.1, -0.05) is 70.2 Å². The number of aliphatic hydroxyl groups is 1. The van der Waals surface area contributed by atoms with E-state index in [4.69, 9.17) is 9.47 Å². The molecule has 0 aliphatic carbocycles. The van der Waals surface area contributed by atoms with Gasteiger partial charge in [-0.3, -0.25) is 4.79 Å². The minimum Gasteiger partial charge on any atom is -0.489 e. The van der Waals surface area contributed by atoms with Gasteiger partial charge in [0.25, 0.3) is 0 Å². The summed E-state index contributed by atoms with van der Waals surface area (Å²) >= 11 is 0. The third kappa shape index (κ3) is 5.68. The second kappa shape index (κ2) is 10.6. The van der Waals surface area contributed by atoms with Crippen molar-refractivity contribution in [2.24, 2.45) is 17.8 Å². The van der Waals surface area contributed by atoms with Crippen molar-refractivity contribution in [3.8, 4) is 5.75 Å². The number of hydrogen-bond donors (Lipinski definition) is 1.